The van der Waals surface area contributed by atoms with Gasteiger partial charge in [0, 0.05) is 0 Å². The first kappa shape index (κ1) is 17.3. The molecule has 2 aromatic heterocycles. The lowest BCUT2D eigenvalue weighted by atomic mass is 10.1. The zero-order valence-electron chi connectivity index (χ0n) is 13.1. The van der Waals surface area contributed by atoms with Crippen molar-refractivity contribution in [3.8, 4) is 0 Å². The highest BCUT2D eigenvalue weighted by molar-refractivity contribution is 7.96. The Hall–Kier alpha value is -1.50. The summed E-state index contributed by atoms with van der Waals surface area (Å²) in [6.45, 7) is 0.441. The Kier molecular flexibility index (Phi) is 5.18. The number of aliphatic hydroxyl groups excluding tert-OH is 2. The summed E-state index contributed by atoms with van der Waals surface area (Å²) in [6, 6.07) is 0. The number of aliphatic hydroxyl groups is 2. The Morgan fingerprint density at radius 3 is 2.88 bits per heavy atom. The molecule has 1 saturated heterocycles. The number of nitrogens with zero attached hydrogens (tertiary/aromatic N) is 4. The van der Waals surface area contributed by atoms with Gasteiger partial charge in [-0.2, -0.15) is 0 Å². The van der Waals surface area contributed by atoms with E-state index in [-0.39, 0.29) is 16.7 Å². The number of ether oxygens (including phenoxy) is 1. The first-order chi connectivity index (χ1) is 11.5. The van der Waals surface area contributed by atoms with Crippen LogP contribution >= 0.6 is 0 Å². The highest BCUT2D eigenvalue weighted by atomic mass is 32.2. The van der Waals surface area contributed by atoms with E-state index in [0.717, 1.165) is 5.75 Å². The lowest BCUT2D eigenvalue weighted by Crippen LogP contribution is -2.36. The van der Waals surface area contributed by atoms with E-state index in [1.54, 1.807) is 4.57 Å². The molecule has 0 bridgehead atoms. The molecule has 5 atom stereocenters. The average Bonchev–Trinajstić information content (AvgIpc) is 3.10. The van der Waals surface area contributed by atoms with E-state index < -0.39 is 24.5 Å². The lowest BCUT2D eigenvalue weighted by Gasteiger charge is -2.16. The van der Waals surface area contributed by atoms with E-state index in [2.05, 4.69) is 19.8 Å². The van der Waals surface area contributed by atoms with Gasteiger partial charge in [-0.25, -0.2) is 20.8 Å². The Balaban J connectivity index is 1.78. The predicted octanol–water partition coefficient (Wildman–Crippen LogP) is -1.83. The topological polar surface area (TPSA) is 155 Å². The number of hydrogen-bond acceptors (Lipinski definition) is 9. The van der Waals surface area contributed by atoms with Gasteiger partial charge in [0.05, 0.1) is 12.6 Å². The Morgan fingerprint density at radius 2 is 2.12 bits per heavy atom. The van der Waals surface area contributed by atoms with Crippen molar-refractivity contribution in [1.29, 1.82) is 0 Å². The van der Waals surface area contributed by atoms with Crippen LogP contribution in [-0.4, -0.2) is 72.4 Å². The molecule has 3 rings (SSSR count). The van der Waals surface area contributed by atoms with E-state index >= 15 is 0 Å². The number of fused-ring (bicyclic) bond motifs is 1. The molecule has 2 aromatic rings. The summed E-state index contributed by atoms with van der Waals surface area (Å²) in [5, 5.41) is 20.7. The van der Waals surface area contributed by atoms with Crippen LogP contribution in [0.2, 0.25) is 0 Å². The molecule has 0 aromatic carbocycles. The molecule has 3 heterocycles. The molecule has 0 spiro atoms. The summed E-state index contributed by atoms with van der Waals surface area (Å²) < 4.78 is 7.45. The number of anilines is 1. The molecular weight excluding hydrogens is 336 g/mol. The van der Waals surface area contributed by atoms with Crippen LogP contribution < -0.4 is 11.6 Å². The maximum absolute atomic E-state index is 10.4. The normalized spacial score (nSPS) is 28.5. The van der Waals surface area contributed by atoms with E-state index in [0.29, 0.717) is 23.5 Å². The summed E-state index contributed by atoms with van der Waals surface area (Å²) in [5.41, 5.74) is 6.65. The van der Waals surface area contributed by atoms with Crippen LogP contribution in [0.4, 0.5) is 5.82 Å². The minimum Gasteiger partial charge on any atom is -0.387 e. The highest BCUT2D eigenvalue weighted by Gasteiger charge is 2.46. The monoisotopic (exact) mass is 357 g/mol. The van der Waals surface area contributed by atoms with Crippen molar-refractivity contribution in [2.45, 2.75) is 24.5 Å². The minimum atomic E-state index is -1.09. The maximum Gasteiger partial charge on any atom is 0.167 e. The molecule has 0 aliphatic carbocycles. The van der Waals surface area contributed by atoms with E-state index in [1.807, 2.05) is 6.26 Å². The van der Waals surface area contributed by atoms with Gasteiger partial charge in [-0.1, -0.05) is 0 Å². The smallest absolute Gasteiger partial charge is 0.167 e. The Bertz CT molecular complexity index is 700. The number of aromatic nitrogens is 4. The number of imidazole rings is 1. The average molecular weight is 357 g/mol. The minimum absolute atomic E-state index is 0.0595. The van der Waals surface area contributed by atoms with Gasteiger partial charge in [-0.05, 0) is 10.9 Å². The predicted molar refractivity (Wildman–Crippen MR) is 88.8 cm³/mol. The van der Waals surface area contributed by atoms with E-state index in [4.69, 9.17) is 16.4 Å². The Morgan fingerprint density at radius 1 is 1.33 bits per heavy atom. The second kappa shape index (κ2) is 7.17. The fourth-order valence-corrected chi connectivity index (χ4v) is 4.09. The summed E-state index contributed by atoms with van der Waals surface area (Å²) in [7, 11) is -0.0595. The lowest BCUT2D eigenvalue weighted by molar-refractivity contribution is -0.0290. The zero-order chi connectivity index (χ0) is 17.3. The van der Waals surface area contributed by atoms with Gasteiger partial charge in [0.15, 0.2) is 17.7 Å². The summed E-state index contributed by atoms with van der Waals surface area (Å²) in [5.74, 6) is 6.65. The first-order valence-electron chi connectivity index (χ1n) is 7.38. The van der Waals surface area contributed by atoms with Crippen molar-refractivity contribution in [2.24, 2.45) is 5.90 Å². The molecule has 1 aliphatic rings. The fraction of sp³-hybridized carbons (Fsp3) is 0.615. The van der Waals surface area contributed by atoms with Crippen molar-refractivity contribution in [3.63, 3.8) is 0 Å². The second-order valence-electron chi connectivity index (χ2n) is 5.65. The van der Waals surface area contributed by atoms with Crippen molar-refractivity contribution in [3.05, 3.63) is 12.7 Å². The molecule has 24 heavy (non-hydrogen) atoms. The summed E-state index contributed by atoms with van der Waals surface area (Å²) >= 11 is 0. The third kappa shape index (κ3) is 3.18. The van der Waals surface area contributed by atoms with Gasteiger partial charge in [0.1, 0.15) is 48.3 Å². The number of nitrogens with two attached hydrogens (primary N) is 2. The summed E-state index contributed by atoms with van der Waals surface area (Å²) in [6.07, 6.45) is 1.47. The molecule has 11 heteroatoms. The summed E-state index contributed by atoms with van der Waals surface area (Å²) in [4.78, 5) is 16.8. The molecule has 10 nitrogen and oxygen atoms in total. The van der Waals surface area contributed by atoms with Crippen molar-refractivity contribution in [2.75, 3.05) is 30.1 Å². The van der Waals surface area contributed by atoms with Gasteiger partial charge in [0.2, 0.25) is 0 Å². The third-order valence-corrected chi connectivity index (χ3v) is 5.76. The van der Waals surface area contributed by atoms with Crippen LogP contribution in [0.3, 0.4) is 0 Å². The molecule has 6 N–H and O–H groups in total. The molecule has 1 aliphatic heterocycles. The molecule has 0 amide bonds. The van der Waals surface area contributed by atoms with Crippen LogP contribution in [-0.2, 0) is 20.5 Å². The van der Waals surface area contributed by atoms with Crippen LogP contribution in [0.5, 0.6) is 0 Å². The van der Waals surface area contributed by atoms with Crippen LogP contribution in [0, 0.1) is 0 Å². The molecule has 1 unspecified atom stereocenters. The van der Waals surface area contributed by atoms with Gasteiger partial charge in [-0.15, -0.1) is 0 Å². The quantitative estimate of drug-likeness (QED) is 0.345. The van der Waals surface area contributed by atoms with Crippen LogP contribution in [0.25, 0.3) is 11.2 Å². The standard InChI is InChI=1S/C13H21N6O4S/c1-24(3-2-22-15)4-7-9(20)10(21)13(23-7)19-6-18-8-11(14)16-5-17-12(8)19/h5-7,9-10,13,20-21H,2-4,15H2,1H3,(H2,14,16,17)/q+1/t7-,9-,10-,13-,24?/m1/s1. The fourth-order valence-electron chi connectivity index (χ4n) is 2.71. The number of hydrogen-bond donors (Lipinski definition) is 4. The van der Waals surface area contributed by atoms with Gasteiger partial charge >= 0.3 is 0 Å². The molecule has 0 saturated carbocycles. The van der Waals surface area contributed by atoms with Gasteiger partial charge in [-0.3, -0.25) is 9.40 Å². The van der Waals surface area contributed by atoms with Gasteiger partial charge < -0.3 is 20.7 Å². The maximum atomic E-state index is 10.4. The van der Waals surface area contributed by atoms with Crippen molar-refractivity contribution in [1.82, 2.24) is 19.5 Å². The number of nitrogen functional groups attached to an aromatic ring is 1. The second-order valence-corrected chi connectivity index (χ2v) is 7.96. The van der Waals surface area contributed by atoms with Crippen molar-refractivity contribution >= 4 is 27.9 Å². The first-order valence-corrected chi connectivity index (χ1v) is 9.35. The Labute approximate surface area is 141 Å². The largest absolute Gasteiger partial charge is 0.387 e. The van der Waals surface area contributed by atoms with E-state index in [9.17, 15) is 10.2 Å². The zero-order valence-corrected chi connectivity index (χ0v) is 14.0. The van der Waals surface area contributed by atoms with Crippen LogP contribution in [0.1, 0.15) is 6.23 Å². The molecular formula is C13H21N6O4S+. The highest BCUT2D eigenvalue weighted by Crippen LogP contribution is 2.32. The molecule has 132 valence electrons. The SMILES string of the molecule is C[S+](CCON)C[C@H]1O[C@@H](n2cnc3c(N)ncnc32)[C@H](O)[C@@H]1O. The molecule has 1 fully saturated rings. The third-order valence-electron chi connectivity index (χ3n) is 4.00. The van der Waals surface area contributed by atoms with Gasteiger partial charge in [0.25, 0.3) is 0 Å². The van der Waals surface area contributed by atoms with Crippen molar-refractivity contribution < 1.29 is 19.8 Å². The number of rotatable bonds is 6. The molecule has 0 radical (unpaired) electrons. The van der Waals surface area contributed by atoms with Crippen LogP contribution in [0.15, 0.2) is 12.7 Å². The van der Waals surface area contributed by atoms with E-state index in [1.165, 1.54) is 12.7 Å².